The number of hydrogen-bond acceptors (Lipinski definition) is 5. The molecule has 0 saturated heterocycles. The molecule has 1 heterocycles. The van der Waals surface area contributed by atoms with Crippen LogP contribution in [0.25, 0.3) is 0 Å². The fraction of sp³-hybridized carbons (Fsp3) is 0.118. The minimum Gasteiger partial charge on any atom is -0.479 e. The molecule has 0 radical (unpaired) electrons. The van der Waals surface area contributed by atoms with Gasteiger partial charge in [0.05, 0.1) is 5.02 Å². The molecule has 0 fully saturated rings. The van der Waals surface area contributed by atoms with Gasteiger partial charge in [-0.05, 0) is 36.4 Å². The molecule has 2 unspecified atom stereocenters. The second-order valence-electron chi connectivity index (χ2n) is 5.48. The summed E-state index contributed by atoms with van der Waals surface area (Å²) in [7, 11) is 0. The summed E-state index contributed by atoms with van der Waals surface area (Å²) in [5, 5.41) is 25.0. The third kappa shape index (κ3) is 3.93. The van der Waals surface area contributed by atoms with Gasteiger partial charge in [0, 0.05) is 10.6 Å². The number of carbonyl (C=O) groups is 1. The lowest BCUT2D eigenvalue weighted by molar-refractivity contribution is -0.161. The molecule has 2 N–H and O–H groups in total. The van der Waals surface area contributed by atoms with Crippen LogP contribution in [0.2, 0.25) is 10.0 Å². The summed E-state index contributed by atoms with van der Waals surface area (Å²) >= 11 is 15.3. The lowest BCUT2D eigenvalue weighted by atomic mass is 9.93. The minimum absolute atomic E-state index is 0.0101. The van der Waals surface area contributed by atoms with Gasteiger partial charge >= 0.3 is 5.97 Å². The van der Waals surface area contributed by atoms with E-state index in [1.54, 1.807) is 24.3 Å². The first-order valence-electron chi connectivity index (χ1n) is 7.49. The molecule has 10 heteroatoms. The number of carboxylic acid groups (broad SMARTS) is 1. The predicted molar refractivity (Wildman–Crippen MR) is 102 cm³/mol. The van der Waals surface area contributed by atoms with Gasteiger partial charge in [0.15, 0.2) is 4.95 Å². The van der Waals surface area contributed by atoms with Gasteiger partial charge in [0.25, 0.3) is 0 Å². The highest BCUT2D eigenvalue weighted by molar-refractivity contribution is 9.09. The zero-order valence-corrected chi connectivity index (χ0v) is 16.6. The van der Waals surface area contributed by atoms with Gasteiger partial charge in [-0.15, -0.1) is 0 Å². The molecular formula is C17H12BrCl2N3O4. The van der Waals surface area contributed by atoms with Crippen LogP contribution in [0, 0.1) is 0 Å². The number of aromatic nitrogens is 3. The van der Waals surface area contributed by atoms with E-state index < -0.39 is 16.5 Å². The van der Waals surface area contributed by atoms with Crippen LogP contribution in [0.5, 0.6) is 11.5 Å². The number of hydrogen-bond donors (Lipinski definition) is 2. The van der Waals surface area contributed by atoms with E-state index >= 15 is 0 Å². The highest BCUT2D eigenvalue weighted by Crippen LogP contribution is 2.42. The maximum absolute atomic E-state index is 11.9. The van der Waals surface area contributed by atoms with Crippen molar-refractivity contribution in [2.24, 2.45) is 0 Å². The fourth-order valence-corrected chi connectivity index (χ4v) is 3.47. The van der Waals surface area contributed by atoms with Crippen molar-refractivity contribution in [3.63, 3.8) is 0 Å². The Morgan fingerprint density at radius 1 is 1.19 bits per heavy atom. The van der Waals surface area contributed by atoms with Crippen molar-refractivity contribution in [3.8, 4) is 11.5 Å². The quantitative estimate of drug-likeness (QED) is 0.520. The van der Waals surface area contributed by atoms with Crippen molar-refractivity contribution in [1.82, 2.24) is 14.8 Å². The fourth-order valence-electron chi connectivity index (χ4n) is 2.38. The molecule has 0 aliphatic heterocycles. The maximum Gasteiger partial charge on any atom is 0.343 e. The van der Waals surface area contributed by atoms with E-state index in [2.05, 4.69) is 26.0 Å². The standard InChI is InChI=1S/C17H12BrCl2N3O4/c18-15(23-9-21-8-22-23)17(26,16(24)25)13-6-5-12(7-14(13)20)27-11-3-1-10(19)2-4-11/h1-9,15,26H,(H,24,25). The number of aliphatic hydroxyl groups is 1. The van der Waals surface area contributed by atoms with Crippen molar-refractivity contribution >= 4 is 45.1 Å². The summed E-state index contributed by atoms with van der Waals surface area (Å²) in [6.45, 7) is 0. The number of aliphatic carboxylic acids is 1. The lowest BCUT2D eigenvalue weighted by Crippen LogP contribution is -2.42. The average molecular weight is 473 g/mol. The van der Waals surface area contributed by atoms with Gasteiger partial charge < -0.3 is 14.9 Å². The minimum atomic E-state index is -2.40. The number of benzene rings is 2. The first-order chi connectivity index (χ1) is 12.8. The Morgan fingerprint density at radius 2 is 1.85 bits per heavy atom. The number of ether oxygens (including phenoxy) is 1. The van der Waals surface area contributed by atoms with E-state index in [4.69, 9.17) is 27.9 Å². The van der Waals surface area contributed by atoms with E-state index in [0.717, 1.165) is 0 Å². The molecule has 3 aromatic rings. The normalized spacial score (nSPS) is 14.4. The van der Waals surface area contributed by atoms with Crippen LogP contribution < -0.4 is 4.74 Å². The van der Waals surface area contributed by atoms with Crippen molar-refractivity contribution < 1.29 is 19.7 Å². The monoisotopic (exact) mass is 471 g/mol. The molecular weight excluding hydrogens is 461 g/mol. The van der Waals surface area contributed by atoms with Crippen molar-refractivity contribution in [2.45, 2.75) is 10.6 Å². The molecule has 0 amide bonds. The van der Waals surface area contributed by atoms with Crippen LogP contribution in [-0.2, 0) is 10.4 Å². The van der Waals surface area contributed by atoms with Crippen LogP contribution in [0.3, 0.4) is 0 Å². The van der Waals surface area contributed by atoms with Crippen molar-refractivity contribution in [1.29, 1.82) is 0 Å². The van der Waals surface area contributed by atoms with E-state index in [0.29, 0.717) is 16.5 Å². The topological polar surface area (TPSA) is 97.5 Å². The van der Waals surface area contributed by atoms with Crippen molar-refractivity contribution in [2.75, 3.05) is 0 Å². The summed E-state index contributed by atoms with van der Waals surface area (Å²) in [4.78, 5) is 14.5. The molecule has 7 nitrogen and oxygen atoms in total. The zero-order chi connectivity index (χ0) is 19.6. The Bertz CT molecular complexity index is 953. The van der Waals surface area contributed by atoms with Gasteiger partial charge in [-0.3, -0.25) is 0 Å². The molecule has 140 valence electrons. The molecule has 2 atom stereocenters. The zero-order valence-electron chi connectivity index (χ0n) is 13.5. The molecule has 0 saturated carbocycles. The van der Waals surface area contributed by atoms with Crippen LogP contribution in [0.1, 0.15) is 10.5 Å². The third-order valence-corrected chi connectivity index (χ3v) is 5.39. The Labute approximate surface area is 172 Å². The van der Waals surface area contributed by atoms with E-state index in [-0.39, 0.29) is 10.6 Å². The second kappa shape index (κ2) is 7.85. The van der Waals surface area contributed by atoms with E-state index in [1.807, 2.05) is 0 Å². The summed E-state index contributed by atoms with van der Waals surface area (Å²) in [5.74, 6) is -0.614. The van der Waals surface area contributed by atoms with Gasteiger partial charge in [-0.1, -0.05) is 45.2 Å². The largest absolute Gasteiger partial charge is 0.479 e. The number of nitrogens with zero attached hydrogens (tertiary/aromatic N) is 3. The Morgan fingerprint density at radius 3 is 2.41 bits per heavy atom. The molecule has 2 aromatic carbocycles. The first kappa shape index (κ1) is 19.6. The maximum atomic E-state index is 11.9. The molecule has 0 aliphatic rings. The lowest BCUT2D eigenvalue weighted by Gasteiger charge is -2.29. The van der Waals surface area contributed by atoms with Crippen LogP contribution in [0.4, 0.5) is 0 Å². The van der Waals surface area contributed by atoms with Crippen LogP contribution in [-0.4, -0.2) is 30.9 Å². The van der Waals surface area contributed by atoms with Gasteiger partial charge in [0.1, 0.15) is 24.2 Å². The number of halogens is 3. The molecule has 1 aromatic heterocycles. The van der Waals surface area contributed by atoms with Gasteiger partial charge in [-0.2, -0.15) is 5.10 Å². The Kier molecular flexibility index (Phi) is 5.71. The predicted octanol–water partition coefficient (Wildman–Crippen LogP) is 4.24. The van der Waals surface area contributed by atoms with Gasteiger partial charge in [0.2, 0.25) is 5.60 Å². The molecule has 0 spiro atoms. The first-order valence-corrected chi connectivity index (χ1v) is 9.17. The molecule has 0 aliphatic carbocycles. The SMILES string of the molecule is O=C(O)C(O)(c1ccc(Oc2ccc(Cl)cc2)cc1Cl)C(Br)n1cncn1. The van der Waals surface area contributed by atoms with Gasteiger partial charge in [-0.25, -0.2) is 14.5 Å². The Balaban J connectivity index is 1.94. The number of rotatable bonds is 6. The summed E-state index contributed by atoms with van der Waals surface area (Å²) < 4.78 is 6.83. The van der Waals surface area contributed by atoms with Crippen molar-refractivity contribution in [3.05, 3.63) is 70.7 Å². The summed E-state index contributed by atoms with van der Waals surface area (Å²) in [5.41, 5.74) is -2.43. The summed E-state index contributed by atoms with van der Waals surface area (Å²) in [6, 6.07) is 11.0. The average Bonchev–Trinajstić information content (AvgIpc) is 3.17. The van der Waals surface area contributed by atoms with E-state index in [1.165, 1.54) is 35.5 Å². The van der Waals surface area contributed by atoms with Crippen LogP contribution >= 0.6 is 39.1 Å². The smallest absolute Gasteiger partial charge is 0.343 e. The highest BCUT2D eigenvalue weighted by Gasteiger charge is 2.48. The van der Waals surface area contributed by atoms with Crippen LogP contribution in [0.15, 0.2) is 55.1 Å². The number of alkyl halides is 1. The molecule has 0 bridgehead atoms. The molecule has 3 rings (SSSR count). The van der Waals surface area contributed by atoms with E-state index in [9.17, 15) is 15.0 Å². The highest BCUT2D eigenvalue weighted by atomic mass is 79.9. The third-order valence-electron chi connectivity index (χ3n) is 3.74. The Hall–Kier alpha value is -2.13. The number of carboxylic acids is 1. The summed E-state index contributed by atoms with van der Waals surface area (Å²) in [6.07, 6.45) is 2.50. The second-order valence-corrected chi connectivity index (χ2v) is 7.19. The molecule has 27 heavy (non-hydrogen) atoms.